The topological polar surface area (TPSA) is 37.3 Å². The van der Waals surface area contributed by atoms with Gasteiger partial charge in [-0.25, -0.2) is 0 Å². The van der Waals surface area contributed by atoms with Gasteiger partial charge in [-0.3, -0.25) is 4.79 Å². The molecule has 15 heavy (non-hydrogen) atoms. The van der Waals surface area contributed by atoms with Crippen molar-refractivity contribution in [1.29, 1.82) is 0 Å². The van der Waals surface area contributed by atoms with E-state index in [4.69, 9.17) is 5.11 Å². The number of halogens is 3. The molecule has 0 aromatic heterocycles. The minimum atomic E-state index is -4.82. The molecule has 86 valence electrons. The summed E-state index contributed by atoms with van der Waals surface area (Å²) < 4.78 is 35.7. The van der Waals surface area contributed by atoms with Gasteiger partial charge in [-0.2, -0.15) is 13.2 Å². The predicted molar refractivity (Wildman–Crippen MR) is 48.3 cm³/mol. The van der Waals surface area contributed by atoms with Crippen LogP contribution in [-0.2, 0) is 4.79 Å². The molecule has 0 atom stereocenters. The molecule has 0 aliphatic heterocycles. The second-order valence-electron chi connectivity index (χ2n) is 3.76. The molecule has 2 nitrogen and oxygen atoms in total. The molecule has 1 fully saturated rings. The maximum atomic E-state index is 11.9. The molecule has 1 aliphatic rings. The fourth-order valence-electron chi connectivity index (χ4n) is 1.72. The molecular weight excluding hydrogens is 209 g/mol. The molecular formula is C10H13F3O2. The zero-order chi connectivity index (χ0) is 11.5. The Labute approximate surface area is 85.8 Å². The van der Waals surface area contributed by atoms with Crippen LogP contribution in [-0.4, -0.2) is 17.1 Å². The Morgan fingerprint density at radius 2 is 1.73 bits per heavy atom. The van der Waals surface area contributed by atoms with Crippen LogP contribution in [0.3, 0.4) is 0 Å². The number of hydrogen-bond donors (Lipinski definition) is 1. The van der Waals surface area contributed by atoms with Crippen LogP contribution in [0.4, 0.5) is 13.2 Å². The highest BCUT2D eigenvalue weighted by Gasteiger charge is 2.35. The first-order valence-electron chi connectivity index (χ1n) is 4.93. The van der Waals surface area contributed by atoms with E-state index in [1.54, 1.807) is 0 Å². The summed E-state index contributed by atoms with van der Waals surface area (Å²) in [6.45, 7) is 0. The maximum absolute atomic E-state index is 11.9. The molecule has 0 unspecified atom stereocenters. The smallest absolute Gasteiger partial charge is 0.448 e. The second-order valence-corrected chi connectivity index (χ2v) is 3.76. The van der Waals surface area contributed by atoms with Crippen LogP contribution in [0.15, 0.2) is 11.8 Å². The van der Waals surface area contributed by atoms with Crippen LogP contribution in [0, 0.1) is 5.92 Å². The first-order valence-corrected chi connectivity index (χ1v) is 4.93. The first-order chi connectivity index (χ1) is 6.91. The molecule has 1 saturated carbocycles. The van der Waals surface area contributed by atoms with Gasteiger partial charge in [-0.1, -0.05) is 19.3 Å². The van der Waals surface area contributed by atoms with Crippen molar-refractivity contribution in [3.8, 4) is 0 Å². The number of ketones is 1. The van der Waals surface area contributed by atoms with Crippen LogP contribution >= 0.6 is 0 Å². The third kappa shape index (κ3) is 3.57. The van der Waals surface area contributed by atoms with Crippen molar-refractivity contribution < 1.29 is 23.1 Å². The highest BCUT2D eigenvalue weighted by molar-refractivity contribution is 5.92. The van der Waals surface area contributed by atoms with Crippen molar-refractivity contribution in [2.24, 2.45) is 5.92 Å². The van der Waals surface area contributed by atoms with Crippen LogP contribution < -0.4 is 0 Å². The Bertz CT molecular complexity index is 262. The fourth-order valence-corrected chi connectivity index (χ4v) is 1.72. The predicted octanol–water partition coefficient (Wildman–Crippen LogP) is 3.14. The van der Waals surface area contributed by atoms with Crippen LogP contribution in [0.2, 0.25) is 0 Å². The Balaban J connectivity index is 2.60. The highest BCUT2D eigenvalue weighted by atomic mass is 19.4. The Kier molecular flexibility index (Phi) is 3.77. The minimum absolute atomic E-state index is 0.315. The van der Waals surface area contributed by atoms with Gasteiger partial charge in [0, 0.05) is 12.0 Å². The summed E-state index contributed by atoms with van der Waals surface area (Å²) in [4.78, 5) is 11.3. The first kappa shape index (κ1) is 12.1. The number of allylic oxidation sites excluding steroid dienone is 2. The molecule has 5 heteroatoms. The van der Waals surface area contributed by atoms with Gasteiger partial charge in [0.25, 0.3) is 0 Å². The summed E-state index contributed by atoms with van der Waals surface area (Å²) in [6, 6.07) is 0. The molecule has 0 radical (unpaired) electrons. The molecule has 0 spiro atoms. The number of rotatable bonds is 2. The Hall–Kier alpha value is -1.00. The van der Waals surface area contributed by atoms with Crippen LogP contribution in [0.25, 0.3) is 0 Å². The summed E-state index contributed by atoms with van der Waals surface area (Å²) in [5.74, 6) is -2.74. The van der Waals surface area contributed by atoms with E-state index in [-0.39, 0.29) is 5.92 Å². The molecule has 0 bridgehead atoms. The normalized spacial score (nSPS) is 20.3. The molecule has 0 aromatic carbocycles. The van der Waals surface area contributed by atoms with E-state index in [0.717, 1.165) is 19.3 Å². The Morgan fingerprint density at radius 1 is 1.20 bits per heavy atom. The number of aliphatic hydroxyl groups excluding tert-OH is 1. The summed E-state index contributed by atoms with van der Waals surface area (Å²) in [7, 11) is 0. The third-order valence-electron chi connectivity index (χ3n) is 2.58. The quantitative estimate of drug-likeness (QED) is 0.575. The van der Waals surface area contributed by atoms with Gasteiger partial charge >= 0.3 is 6.18 Å². The molecule has 1 rings (SSSR count). The van der Waals surface area contributed by atoms with E-state index in [1.165, 1.54) is 0 Å². The zero-order valence-electron chi connectivity index (χ0n) is 8.18. The molecule has 0 heterocycles. The lowest BCUT2D eigenvalue weighted by atomic mass is 9.86. The van der Waals surface area contributed by atoms with Gasteiger partial charge in [0.15, 0.2) is 5.78 Å². The zero-order valence-corrected chi connectivity index (χ0v) is 8.18. The lowest BCUT2D eigenvalue weighted by Crippen LogP contribution is -2.19. The third-order valence-corrected chi connectivity index (χ3v) is 2.58. The van der Waals surface area contributed by atoms with Gasteiger partial charge in [0.1, 0.15) is 0 Å². The summed E-state index contributed by atoms with van der Waals surface area (Å²) >= 11 is 0. The Morgan fingerprint density at radius 3 is 2.20 bits per heavy atom. The molecule has 1 N–H and O–H groups in total. The summed E-state index contributed by atoms with van der Waals surface area (Å²) in [5.41, 5.74) is 0. The number of alkyl halides is 3. The van der Waals surface area contributed by atoms with E-state index in [0.29, 0.717) is 18.9 Å². The van der Waals surface area contributed by atoms with Crippen molar-refractivity contribution in [3.05, 3.63) is 11.8 Å². The van der Waals surface area contributed by atoms with Gasteiger partial charge in [0.05, 0.1) is 0 Å². The van der Waals surface area contributed by atoms with Crippen molar-refractivity contribution in [2.75, 3.05) is 0 Å². The molecule has 0 saturated heterocycles. The summed E-state index contributed by atoms with van der Waals surface area (Å²) in [6.07, 6.45) is -0.478. The fraction of sp³-hybridized carbons (Fsp3) is 0.700. The highest BCUT2D eigenvalue weighted by Crippen LogP contribution is 2.27. The van der Waals surface area contributed by atoms with E-state index >= 15 is 0 Å². The van der Waals surface area contributed by atoms with Gasteiger partial charge < -0.3 is 5.11 Å². The summed E-state index contributed by atoms with van der Waals surface area (Å²) in [5, 5.41) is 8.60. The average molecular weight is 222 g/mol. The number of aliphatic hydroxyl groups is 1. The van der Waals surface area contributed by atoms with E-state index < -0.39 is 17.7 Å². The lowest BCUT2D eigenvalue weighted by molar-refractivity contribution is -0.127. The van der Waals surface area contributed by atoms with Crippen molar-refractivity contribution >= 4 is 5.78 Å². The second kappa shape index (κ2) is 4.68. The van der Waals surface area contributed by atoms with E-state index in [2.05, 4.69) is 0 Å². The standard InChI is InChI=1S/C10H13F3O2/c11-10(12,13)9(15)6-8(14)7-4-2-1-3-5-7/h6-7,15H,1-5H2. The largest absolute Gasteiger partial charge is 0.504 e. The molecule has 1 aliphatic carbocycles. The maximum Gasteiger partial charge on any atom is 0.448 e. The lowest BCUT2D eigenvalue weighted by Gasteiger charge is -2.18. The van der Waals surface area contributed by atoms with Crippen molar-refractivity contribution in [1.82, 2.24) is 0 Å². The average Bonchev–Trinajstić information content (AvgIpc) is 2.17. The number of carbonyl (C=O) groups is 1. The van der Waals surface area contributed by atoms with Crippen LogP contribution in [0.1, 0.15) is 32.1 Å². The monoisotopic (exact) mass is 222 g/mol. The SMILES string of the molecule is O=C(C=C(O)C(F)(F)F)C1CCCCC1. The van der Waals surface area contributed by atoms with Gasteiger partial charge in [0.2, 0.25) is 5.76 Å². The van der Waals surface area contributed by atoms with Gasteiger partial charge in [-0.15, -0.1) is 0 Å². The molecule has 0 amide bonds. The van der Waals surface area contributed by atoms with E-state index in [9.17, 15) is 18.0 Å². The van der Waals surface area contributed by atoms with Crippen molar-refractivity contribution in [3.63, 3.8) is 0 Å². The van der Waals surface area contributed by atoms with Crippen molar-refractivity contribution in [2.45, 2.75) is 38.3 Å². The number of hydrogen-bond acceptors (Lipinski definition) is 2. The van der Waals surface area contributed by atoms with Gasteiger partial charge in [-0.05, 0) is 12.8 Å². The number of carbonyl (C=O) groups excluding carboxylic acids is 1. The minimum Gasteiger partial charge on any atom is -0.504 e. The molecule has 0 aromatic rings. The van der Waals surface area contributed by atoms with E-state index in [1.807, 2.05) is 0 Å². The van der Waals surface area contributed by atoms with Crippen LogP contribution in [0.5, 0.6) is 0 Å².